The molecule has 164 valence electrons. The predicted molar refractivity (Wildman–Crippen MR) is 120 cm³/mol. The lowest BCUT2D eigenvalue weighted by molar-refractivity contribution is 0.0742. The first kappa shape index (κ1) is 22.3. The molecule has 0 spiro atoms. The average molecular weight is 423 g/mol. The number of aromatic nitrogens is 3. The van der Waals surface area contributed by atoms with Crippen LogP contribution in [0, 0.1) is 5.92 Å². The molecule has 3 aromatic rings. The fourth-order valence-corrected chi connectivity index (χ4v) is 3.17. The third kappa shape index (κ3) is 5.42. The average Bonchev–Trinajstić information content (AvgIpc) is 3.32. The summed E-state index contributed by atoms with van der Waals surface area (Å²) < 4.78 is 13.0. The van der Waals surface area contributed by atoms with Crippen molar-refractivity contribution in [3.8, 4) is 17.2 Å². The molecule has 7 heteroatoms. The highest BCUT2D eigenvalue weighted by molar-refractivity contribution is 5.95. The Hall–Kier alpha value is -3.35. The van der Waals surface area contributed by atoms with Gasteiger partial charge in [0.25, 0.3) is 5.91 Å². The molecule has 0 saturated carbocycles. The van der Waals surface area contributed by atoms with E-state index in [0.717, 1.165) is 17.7 Å². The molecule has 3 rings (SSSR count). The van der Waals surface area contributed by atoms with E-state index in [4.69, 9.17) is 9.47 Å². The van der Waals surface area contributed by atoms with Crippen LogP contribution in [0.15, 0.2) is 55.1 Å². The third-order valence-corrected chi connectivity index (χ3v) is 5.32. The van der Waals surface area contributed by atoms with Crippen LogP contribution in [-0.4, -0.2) is 46.3 Å². The maximum atomic E-state index is 13.1. The normalized spacial score (nSPS) is 11.9. The van der Waals surface area contributed by atoms with Gasteiger partial charge in [-0.1, -0.05) is 26.0 Å². The molecule has 2 aromatic carbocycles. The van der Waals surface area contributed by atoms with Gasteiger partial charge in [0, 0.05) is 12.6 Å². The standard InChI is InChI=1S/C24H30N4O3/c1-17(2)12-13-31-22-11-8-20(14-23(22)30-5)24(29)27(4)18(3)19-6-9-21(10-7-19)28-16-25-15-26-28/h6-11,14-18H,12-13H2,1-5H3/t18-/m0/s1. The van der Waals surface area contributed by atoms with E-state index in [0.29, 0.717) is 29.6 Å². The Kier molecular flexibility index (Phi) is 7.28. The maximum Gasteiger partial charge on any atom is 0.254 e. The lowest BCUT2D eigenvalue weighted by Gasteiger charge is -2.26. The highest BCUT2D eigenvalue weighted by atomic mass is 16.5. The number of nitrogens with zero attached hydrogens (tertiary/aromatic N) is 4. The molecule has 0 aliphatic carbocycles. The number of carbonyl (C=O) groups excluding carboxylic acids is 1. The molecular formula is C24H30N4O3. The first-order valence-corrected chi connectivity index (χ1v) is 10.4. The number of amides is 1. The number of rotatable bonds is 9. The molecule has 0 aliphatic heterocycles. The number of carbonyl (C=O) groups is 1. The van der Waals surface area contributed by atoms with Gasteiger partial charge < -0.3 is 14.4 Å². The summed E-state index contributed by atoms with van der Waals surface area (Å²) in [7, 11) is 3.39. The number of hydrogen-bond donors (Lipinski definition) is 0. The van der Waals surface area contributed by atoms with Crippen LogP contribution < -0.4 is 9.47 Å². The Labute approximate surface area is 183 Å². The van der Waals surface area contributed by atoms with Crippen molar-refractivity contribution >= 4 is 5.91 Å². The highest BCUT2D eigenvalue weighted by Crippen LogP contribution is 2.30. The van der Waals surface area contributed by atoms with Crippen molar-refractivity contribution in [2.45, 2.75) is 33.2 Å². The van der Waals surface area contributed by atoms with E-state index < -0.39 is 0 Å². The monoisotopic (exact) mass is 422 g/mol. The van der Waals surface area contributed by atoms with Crippen molar-refractivity contribution in [2.24, 2.45) is 5.92 Å². The molecular weight excluding hydrogens is 392 g/mol. The molecule has 1 atom stereocenters. The molecule has 7 nitrogen and oxygen atoms in total. The minimum atomic E-state index is -0.106. The van der Waals surface area contributed by atoms with Gasteiger partial charge in [0.15, 0.2) is 11.5 Å². The van der Waals surface area contributed by atoms with Crippen LogP contribution in [-0.2, 0) is 0 Å². The summed E-state index contributed by atoms with van der Waals surface area (Å²) in [6.07, 6.45) is 4.11. The van der Waals surface area contributed by atoms with E-state index in [1.54, 1.807) is 48.3 Å². The van der Waals surface area contributed by atoms with Gasteiger partial charge >= 0.3 is 0 Å². The van der Waals surface area contributed by atoms with Gasteiger partial charge in [-0.05, 0) is 55.2 Å². The summed E-state index contributed by atoms with van der Waals surface area (Å²) in [6.45, 7) is 6.93. The van der Waals surface area contributed by atoms with Crippen LogP contribution in [0.4, 0.5) is 0 Å². The maximum absolute atomic E-state index is 13.1. The molecule has 0 fully saturated rings. The second-order valence-electron chi connectivity index (χ2n) is 7.92. The summed E-state index contributed by atoms with van der Waals surface area (Å²) in [6, 6.07) is 13.1. The topological polar surface area (TPSA) is 69.5 Å². The van der Waals surface area contributed by atoms with Crippen LogP contribution in [0.3, 0.4) is 0 Å². The zero-order valence-corrected chi connectivity index (χ0v) is 18.8. The Morgan fingerprint density at radius 3 is 2.45 bits per heavy atom. The second kappa shape index (κ2) is 10.1. The van der Waals surface area contributed by atoms with Gasteiger partial charge in [0.05, 0.1) is 25.4 Å². The minimum absolute atomic E-state index is 0.0834. The SMILES string of the molecule is COc1cc(C(=O)N(C)[C@@H](C)c2ccc(-n3cncn3)cc2)ccc1OCCC(C)C. The van der Waals surface area contributed by atoms with Crippen LogP contribution >= 0.6 is 0 Å². The summed E-state index contributed by atoms with van der Waals surface area (Å²) in [5, 5.41) is 4.13. The summed E-state index contributed by atoms with van der Waals surface area (Å²) in [5.74, 6) is 1.69. The van der Waals surface area contributed by atoms with Gasteiger partial charge in [-0.3, -0.25) is 4.79 Å². The van der Waals surface area contributed by atoms with E-state index in [2.05, 4.69) is 23.9 Å². The number of methoxy groups -OCH3 is 1. The van der Waals surface area contributed by atoms with Gasteiger partial charge in [0.1, 0.15) is 12.7 Å². The first-order valence-electron chi connectivity index (χ1n) is 10.4. The highest BCUT2D eigenvalue weighted by Gasteiger charge is 2.20. The Balaban J connectivity index is 1.71. The molecule has 0 radical (unpaired) electrons. The molecule has 0 N–H and O–H groups in total. The lowest BCUT2D eigenvalue weighted by atomic mass is 10.1. The number of ether oxygens (including phenoxy) is 2. The van der Waals surface area contributed by atoms with E-state index >= 15 is 0 Å². The van der Waals surface area contributed by atoms with Crippen LogP contribution in [0.1, 0.15) is 49.2 Å². The molecule has 0 saturated heterocycles. The fraction of sp³-hybridized carbons (Fsp3) is 0.375. The van der Waals surface area contributed by atoms with Crippen LogP contribution in [0.25, 0.3) is 5.69 Å². The molecule has 0 aliphatic rings. The van der Waals surface area contributed by atoms with Crippen LogP contribution in [0.2, 0.25) is 0 Å². The van der Waals surface area contributed by atoms with Crippen molar-refractivity contribution in [3.05, 3.63) is 66.2 Å². The van der Waals surface area contributed by atoms with Gasteiger partial charge in [-0.15, -0.1) is 0 Å². The molecule has 0 bridgehead atoms. The fourth-order valence-electron chi connectivity index (χ4n) is 3.17. The van der Waals surface area contributed by atoms with Crippen molar-refractivity contribution in [2.75, 3.05) is 20.8 Å². The summed E-state index contributed by atoms with van der Waals surface area (Å²) in [5.41, 5.74) is 2.50. The summed E-state index contributed by atoms with van der Waals surface area (Å²) >= 11 is 0. The minimum Gasteiger partial charge on any atom is -0.493 e. The number of hydrogen-bond acceptors (Lipinski definition) is 5. The third-order valence-electron chi connectivity index (χ3n) is 5.32. The smallest absolute Gasteiger partial charge is 0.254 e. The Morgan fingerprint density at radius 2 is 1.84 bits per heavy atom. The van der Waals surface area contributed by atoms with Crippen molar-refractivity contribution < 1.29 is 14.3 Å². The van der Waals surface area contributed by atoms with Crippen molar-refractivity contribution in [1.82, 2.24) is 19.7 Å². The van der Waals surface area contributed by atoms with E-state index in [1.165, 1.54) is 6.33 Å². The zero-order chi connectivity index (χ0) is 22.4. The molecule has 1 heterocycles. The molecule has 1 amide bonds. The number of benzene rings is 2. The van der Waals surface area contributed by atoms with Crippen LogP contribution in [0.5, 0.6) is 11.5 Å². The molecule has 1 aromatic heterocycles. The largest absolute Gasteiger partial charge is 0.493 e. The summed E-state index contributed by atoms with van der Waals surface area (Å²) in [4.78, 5) is 18.8. The molecule has 31 heavy (non-hydrogen) atoms. The van der Waals surface area contributed by atoms with Gasteiger partial charge in [-0.25, -0.2) is 9.67 Å². The van der Waals surface area contributed by atoms with E-state index in [1.807, 2.05) is 31.2 Å². The molecule has 0 unspecified atom stereocenters. The van der Waals surface area contributed by atoms with E-state index in [9.17, 15) is 4.79 Å². The quantitative estimate of drug-likeness (QED) is 0.507. The predicted octanol–water partition coefficient (Wildman–Crippen LogP) is 4.53. The van der Waals surface area contributed by atoms with Gasteiger partial charge in [-0.2, -0.15) is 5.10 Å². The Morgan fingerprint density at radius 1 is 1.10 bits per heavy atom. The first-order chi connectivity index (χ1) is 14.9. The van der Waals surface area contributed by atoms with Crippen molar-refractivity contribution in [1.29, 1.82) is 0 Å². The zero-order valence-electron chi connectivity index (χ0n) is 18.8. The van der Waals surface area contributed by atoms with Crippen molar-refractivity contribution in [3.63, 3.8) is 0 Å². The van der Waals surface area contributed by atoms with E-state index in [-0.39, 0.29) is 11.9 Å². The lowest BCUT2D eigenvalue weighted by Crippen LogP contribution is -2.29. The second-order valence-corrected chi connectivity index (χ2v) is 7.92. The Bertz CT molecular complexity index is 985. The van der Waals surface area contributed by atoms with Gasteiger partial charge in [0.2, 0.25) is 0 Å².